The molecule has 3 heteroatoms. The van der Waals surface area contributed by atoms with Gasteiger partial charge in [0.15, 0.2) is 0 Å². The van der Waals surface area contributed by atoms with Gasteiger partial charge in [-0.25, -0.2) is 0 Å². The fraction of sp³-hybridized carbons (Fsp3) is 0.750. The van der Waals surface area contributed by atoms with Crippen LogP contribution in [-0.2, 0) is 0 Å². The highest BCUT2D eigenvalue weighted by Gasteiger charge is 1.88. The summed E-state index contributed by atoms with van der Waals surface area (Å²) < 4.78 is 0. The van der Waals surface area contributed by atoms with Gasteiger partial charge >= 0.3 is 0 Å². The Kier molecular flexibility index (Phi) is 7.19. The second-order valence-electron chi connectivity index (χ2n) is 2.55. The maximum absolute atomic E-state index is 5.34. The van der Waals surface area contributed by atoms with Gasteiger partial charge in [0.1, 0.15) is 0 Å². The van der Waals surface area contributed by atoms with Crippen LogP contribution < -0.4 is 16.4 Å². The highest BCUT2D eigenvalue weighted by molar-refractivity contribution is 4.91. The van der Waals surface area contributed by atoms with Gasteiger partial charge in [-0.1, -0.05) is 6.58 Å². The van der Waals surface area contributed by atoms with Crippen LogP contribution in [-0.4, -0.2) is 26.7 Å². The highest BCUT2D eigenvalue weighted by Crippen LogP contribution is 1.86. The largest absolute Gasteiger partial charge is 0.388 e. The van der Waals surface area contributed by atoms with Gasteiger partial charge in [-0.2, -0.15) is 0 Å². The van der Waals surface area contributed by atoms with Gasteiger partial charge in [0, 0.05) is 18.8 Å². The van der Waals surface area contributed by atoms with Crippen molar-refractivity contribution in [2.24, 2.45) is 5.73 Å². The number of nitrogens with two attached hydrogens (primary N) is 1. The Labute approximate surface area is 69.0 Å². The van der Waals surface area contributed by atoms with E-state index in [1.165, 1.54) is 12.8 Å². The van der Waals surface area contributed by atoms with Crippen molar-refractivity contribution in [1.29, 1.82) is 0 Å². The number of hydrogen-bond donors (Lipinski definition) is 3. The number of nitrogens with one attached hydrogen (secondary N) is 2. The molecule has 0 aromatic rings. The van der Waals surface area contributed by atoms with E-state index < -0.39 is 0 Å². The zero-order chi connectivity index (χ0) is 8.53. The first kappa shape index (κ1) is 10.5. The van der Waals surface area contributed by atoms with Crippen LogP contribution in [0.4, 0.5) is 0 Å². The Bertz CT molecular complexity index is 102. The van der Waals surface area contributed by atoms with Crippen molar-refractivity contribution in [1.82, 2.24) is 10.6 Å². The molecule has 0 spiro atoms. The Morgan fingerprint density at radius 1 is 1.36 bits per heavy atom. The third-order valence-corrected chi connectivity index (χ3v) is 1.47. The van der Waals surface area contributed by atoms with Crippen molar-refractivity contribution in [2.75, 3.05) is 26.7 Å². The monoisotopic (exact) mass is 157 g/mol. The van der Waals surface area contributed by atoms with E-state index in [1.54, 1.807) is 0 Å². The Morgan fingerprint density at radius 2 is 2.00 bits per heavy atom. The van der Waals surface area contributed by atoms with Gasteiger partial charge in [-0.15, -0.1) is 0 Å². The van der Waals surface area contributed by atoms with Crippen molar-refractivity contribution in [3.05, 3.63) is 12.3 Å². The summed E-state index contributed by atoms with van der Waals surface area (Å²) in [6, 6.07) is 0. The topological polar surface area (TPSA) is 50.1 Å². The molecule has 0 aliphatic heterocycles. The molecule has 0 heterocycles. The Morgan fingerprint density at radius 3 is 2.55 bits per heavy atom. The summed E-state index contributed by atoms with van der Waals surface area (Å²) in [4.78, 5) is 0. The number of hydrogen-bond acceptors (Lipinski definition) is 3. The summed E-state index contributed by atoms with van der Waals surface area (Å²) in [6.45, 7) is 6.34. The molecule has 0 aliphatic carbocycles. The number of rotatable bonds is 7. The fourth-order valence-corrected chi connectivity index (χ4v) is 0.764. The zero-order valence-corrected chi connectivity index (χ0v) is 7.32. The van der Waals surface area contributed by atoms with Crippen LogP contribution in [0.15, 0.2) is 12.3 Å². The summed E-state index contributed by atoms with van der Waals surface area (Å²) in [5, 5.41) is 6.24. The molecular weight excluding hydrogens is 138 g/mol. The second-order valence-corrected chi connectivity index (χ2v) is 2.55. The fourth-order valence-electron chi connectivity index (χ4n) is 0.764. The van der Waals surface area contributed by atoms with Crippen LogP contribution in [0.25, 0.3) is 0 Å². The minimum absolute atomic E-state index is 0.534. The smallest absolute Gasteiger partial charge is 0.0322 e. The molecule has 0 saturated carbocycles. The van der Waals surface area contributed by atoms with Gasteiger partial charge in [0.05, 0.1) is 0 Å². The van der Waals surface area contributed by atoms with Crippen LogP contribution in [0.3, 0.4) is 0 Å². The summed E-state index contributed by atoms with van der Waals surface area (Å²) in [6.07, 6.45) is 2.36. The Balaban J connectivity index is 2.95. The molecule has 0 amide bonds. The SMILES string of the molecule is C=C(CN)NCCCCNC. The molecule has 0 rings (SSSR count). The Hall–Kier alpha value is -0.540. The van der Waals surface area contributed by atoms with E-state index >= 15 is 0 Å². The van der Waals surface area contributed by atoms with Crippen LogP contribution in [0.5, 0.6) is 0 Å². The average molecular weight is 157 g/mol. The van der Waals surface area contributed by atoms with E-state index in [1.807, 2.05) is 7.05 Å². The third-order valence-electron chi connectivity index (χ3n) is 1.47. The lowest BCUT2D eigenvalue weighted by Crippen LogP contribution is -2.21. The molecule has 0 fully saturated rings. The molecule has 0 saturated heterocycles. The van der Waals surface area contributed by atoms with E-state index in [4.69, 9.17) is 5.73 Å². The van der Waals surface area contributed by atoms with Gasteiger partial charge in [-0.3, -0.25) is 0 Å². The molecule has 66 valence electrons. The van der Waals surface area contributed by atoms with Crippen molar-refractivity contribution in [2.45, 2.75) is 12.8 Å². The van der Waals surface area contributed by atoms with Gasteiger partial charge < -0.3 is 16.4 Å². The van der Waals surface area contributed by atoms with E-state index in [9.17, 15) is 0 Å². The molecule has 0 aliphatic rings. The van der Waals surface area contributed by atoms with Crippen molar-refractivity contribution >= 4 is 0 Å². The van der Waals surface area contributed by atoms with Gasteiger partial charge in [0.2, 0.25) is 0 Å². The average Bonchev–Trinajstić information content (AvgIpc) is 2.04. The van der Waals surface area contributed by atoms with Crippen molar-refractivity contribution in [3.63, 3.8) is 0 Å². The minimum atomic E-state index is 0.534. The minimum Gasteiger partial charge on any atom is -0.388 e. The van der Waals surface area contributed by atoms with Crippen LogP contribution in [0, 0.1) is 0 Å². The molecule has 0 unspecified atom stereocenters. The molecule has 3 nitrogen and oxygen atoms in total. The second kappa shape index (κ2) is 7.57. The molecule has 0 bridgehead atoms. The quantitative estimate of drug-likeness (QED) is 0.458. The summed E-state index contributed by atoms with van der Waals surface area (Å²) in [5.74, 6) is 0. The van der Waals surface area contributed by atoms with Crippen molar-refractivity contribution < 1.29 is 0 Å². The van der Waals surface area contributed by atoms with Crippen LogP contribution >= 0.6 is 0 Å². The van der Waals surface area contributed by atoms with Crippen LogP contribution in [0.1, 0.15) is 12.8 Å². The summed E-state index contributed by atoms with van der Waals surface area (Å²) in [7, 11) is 1.96. The van der Waals surface area contributed by atoms with E-state index in [-0.39, 0.29) is 0 Å². The molecule has 4 N–H and O–H groups in total. The molecule has 0 atom stereocenters. The van der Waals surface area contributed by atoms with Gasteiger partial charge in [-0.05, 0) is 26.4 Å². The predicted molar refractivity (Wildman–Crippen MR) is 49.4 cm³/mol. The molecule has 0 aromatic heterocycles. The van der Waals surface area contributed by atoms with Crippen molar-refractivity contribution in [3.8, 4) is 0 Å². The lowest BCUT2D eigenvalue weighted by Gasteiger charge is -2.06. The van der Waals surface area contributed by atoms with E-state index in [2.05, 4.69) is 17.2 Å². The number of unbranched alkanes of at least 4 members (excludes halogenated alkanes) is 1. The highest BCUT2D eigenvalue weighted by atomic mass is 14.9. The first-order valence-corrected chi connectivity index (χ1v) is 4.07. The molecular formula is C8H19N3. The summed E-state index contributed by atoms with van der Waals surface area (Å²) >= 11 is 0. The molecule has 0 aromatic carbocycles. The maximum Gasteiger partial charge on any atom is 0.0322 e. The zero-order valence-electron chi connectivity index (χ0n) is 7.32. The van der Waals surface area contributed by atoms with Crippen LogP contribution in [0.2, 0.25) is 0 Å². The molecule has 11 heavy (non-hydrogen) atoms. The predicted octanol–water partition coefficient (Wildman–Crippen LogP) is 0.0480. The molecule has 0 radical (unpaired) electrons. The first-order chi connectivity index (χ1) is 5.31. The van der Waals surface area contributed by atoms with Gasteiger partial charge in [0.25, 0.3) is 0 Å². The maximum atomic E-state index is 5.34. The summed E-state index contributed by atoms with van der Waals surface area (Å²) in [5.41, 5.74) is 6.26. The lowest BCUT2D eigenvalue weighted by molar-refractivity contribution is 0.641. The lowest BCUT2D eigenvalue weighted by atomic mass is 10.3. The normalized spacial score (nSPS) is 9.64. The first-order valence-electron chi connectivity index (χ1n) is 4.07. The van der Waals surface area contributed by atoms with E-state index in [0.717, 1.165) is 18.8 Å². The third kappa shape index (κ3) is 7.36. The van der Waals surface area contributed by atoms with E-state index in [0.29, 0.717) is 6.54 Å². The standard InChI is InChI=1S/C8H19N3/c1-8(7-9)11-6-4-3-5-10-2/h10-11H,1,3-7,9H2,2H3.